The molecule has 0 spiro atoms. The first-order chi connectivity index (χ1) is 11.9. The van der Waals surface area contributed by atoms with Crippen LogP contribution >= 0.6 is 0 Å². The molecule has 2 rings (SSSR count). The van der Waals surface area contributed by atoms with E-state index in [-0.39, 0.29) is 34.2 Å². The van der Waals surface area contributed by atoms with Crippen molar-refractivity contribution in [3.05, 3.63) is 34.8 Å². The largest absolute Gasteiger partial charge is 0.477 e. The zero-order chi connectivity index (χ0) is 18.6. The number of aryl methyl sites for hydroxylation is 1. The first-order valence-corrected chi connectivity index (χ1v) is 7.71. The topological polar surface area (TPSA) is 140 Å². The molecule has 0 aliphatic rings. The van der Waals surface area contributed by atoms with E-state index in [1.165, 1.54) is 19.2 Å². The van der Waals surface area contributed by atoms with E-state index in [0.717, 1.165) is 0 Å². The number of rotatable bonds is 7. The molecule has 0 atom stereocenters. The number of Topliss-reactive ketones (excluding diaryl/α,β-unsaturated/α-hetero) is 1. The molecule has 25 heavy (non-hydrogen) atoms. The van der Waals surface area contributed by atoms with E-state index in [1.54, 1.807) is 6.92 Å². The number of anilines is 1. The molecule has 9 nitrogen and oxygen atoms in total. The van der Waals surface area contributed by atoms with Gasteiger partial charge in [-0.2, -0.15) is 5.10 Å². The van der Waals surface area contributed by atoms with Gasteiger partial charge in [-0.15, -0.1) is 0 Å². The number of nitrogens with one attached hydrogen (secondary N) is 2. The summed E-state index contributed by atoms with van der Waals surface area (Å²) in [6.45, 7) is 5.25. The molecule has 0 bridgehead atoms. The molecule has 4 N–H and O–H groups in total. The molecule has 0 aliphatic heterocycles. The van der Waals surface area contributed by atoms with Crippen LogP contribution in [0.4, 0.5) is 5.69 Å². The summed E-state index contributed by atoms with van der Waals surface area (Å²) in [6.07, 6.45) is 1.84. The molecule has 0 radical (unpaired) electrons. The van der Waals surface area contributed by atoms with Crippen molar-refractivity contribution in [3.8, 4) is 5.88 Å². The number of carbonyl (C=O) groups is 3. The first-order valence-electron chi connectivity index (χ1n) is 7.71. The maximum atomic E-state index is 12.7. The van der Waals surface area contributed by atoms with E-state index >= 15 is 0 Å². The predicted octanol–water partition coefficient (Wildman–Crippen LogP) is 1.32. The number of aromatic nitrogens is 3. The Bertz CT molecular complexity index is 828. The molecule has 9 heteroatoms. The average molecular weight is 345 g/mol. The molecule has 0 saturated carbocycles. The molecule has 2 amide bonds. The molecule has 0 unspecified atom stereocenters. The van der Waals surface area contributed by atoms with Crippen molar-refractivity contribution in [3.63, 3.8) is 0 Å². The second kappa shape index (κ2) is 7.56. The third kappa shape index (κ3) is 3.82. The highest BCUT2D eigenvalue weighted by Crippen LogP contribution is 2.23. The number of ether oxygens (including phenoxy) is 1. The quantitative estimate of drug-likeness (QED) is 0.646. The van der Waals surface area contributed by atoms with Gasteiger partial charge in [0.2, 0.25) is 5.88 Å². The van der Waals surface area contributed by atoms with Crippen LogP contribution in [0.2, 0.25) is 0 Å². The lowest BCUT2D eigenvalue weighted by molar-refractivity contribution is 0.0993. The average Bonchev–Trinajstić information content (AvgIpc) is 2.98. The van der Waals surface area contributed by atoms with Gasteiger partial charge in [-0.1, -0.05) is 6.92 Å². The third-order valence-electron chi connectivity index (χ3n) is 3.45. The summed E-state index contributed by atoms with van der Waals surface area (Å²) in [5.74, 6) is -1.50. The van der Waals surface area contributed by atoms with Gasteiger partial charge in [0.05, 0.1) is 18.0 Å². The minimum absolute atomic E-state index is 0.0705. The number of amides is 2. The van der Waals surface area contributed by atoms with Crippen LogP contribution in [-0.4, -0.2) is 39.4 Å². The summed E-state index contributed by atoms with van der Waals surface area (Å²) in [6, 6.07) is 1.39. The van der Waals surface area contributed by atoms with Crippen molar-refractivity contribution in [2.45, 2.75) is 27.2 Å². The zero-order valence-electron chi connectivity index (χ0n) is 14.2. The number of hydrogen-bond donors (Lipinski definition) is 3. The Morgan fingerprint density at radius 3 is 2.60 bits per heavy atom. The summed E-state index contributed by atoms with van der Waals surface area (Å²) >= 11 is 0. The predicted molar refractivity (Wildman–Crippen MR) is 89.8 cm³/mol. The maximum Gasteiger partial charge on any atom is 0.271 e. The Hall–Kier alpha value is -3.23. The van der Waals surface area contributed by atoms with Crippen LogP contribution in [0.15, 0.2) is 12.3 Å². The van der Waals surface area contributed by atoms with Gasteiger partial charge in [0.1, 0.15) is 5.56 Å². The Balaban J connectivity index is 2.44. The number of hydrogen-bond acceptors (Lipinski definition) is 6. The van der Waals surface area contributed by atoms with E-state index in [0.29, 0.717) is 18.7 Å². The summed E-state index contributed by atoms with van der Waals surface area (Å²) in [5.41, 5.74) is 6.32. The lowest BCUT2D eigenvalue weighted by atomic mass is 10.1. The van der Waals surface area contributed by atoms with Crippen LogP contribution in [0.1, 0.15) is 57.7 Å². The highest BCUT2D eigenvalue weighted by Gasteiger charge is 2.22. The van der Waals surface area contributed by atoms with Crippen LogP contribution in [0.25, 0.3) is 0 Å². The molecule has 2 aromatic heterocycles. The van der Waals surface area contributed by atoms with E-state index < -0.39 is 11.8 Å². The van der Waals surface area contributed by atoms with Crippen LogP contribution in [-0.2, 0) is 6.42 Å². The molecule has 0 aromatic carbocycles. The van der Waals surface area contributed by atoms with Crippen LogP contribution in [0, 0.1) is 0 Å². The van der Waals surface area contributed by atoms with E-state index in [2.05, 4.69) is 20.5 Å². The SMILES string of the molecule is CCOc1ncc(C(C)=O)cc1C(=O)Nc1c(C(N)=O)n[nH]c1CC. The number of pyridine rings is 1. The molecule has 2 aromatic rings. The second-order valence-corrected chi connectivity index (χ2v) is 5.16. The molecular formula is C16H19N5O4. The fourth-order valence-electron chi connectivity index (χ4n) is 2.19. The van der Waals surface area contributed by atoms with E-state index in [1.807, 2.05) is 6.92 Å². The lowest BCUT2D eigenvalue weighted by Crippen LogP contribution is -2.20. The number of carbonyl (C=O) groups excluding carboxylic acids is 3. The third-order valence-corrected chi connectivity index (χ3v) is 3.45. The summed E-state index contributed by atoms with van der Waals surface area (Å²) in [4.78, 5) is 39.8. The minimum atomic E-state index is -0.771. The van der Waals surface area contributed by atoms with Gasteiger partial charge in [-0.25, -0.2) is 4.98 Å². The van der Waals surface area contributed by atoms with Crippen LogP contribution < -0.4 is 15.8 Å². The van der Waals surface area contributed by atoms with Gasteiger partial charge in [0, 0.05) is 11.8 Å². The fourth-order valence-corrected chi connectivity index (χ4v) is 2.19. The molecule has 0 fully saturated rings. The second-order valence-electron chi connectivity index (χ2n) is 5.16. The molecule has 2 heterocycles. The number of nitrogens with zero attached hydrogens (tertiary/aromatic N) is 2. The molecule has 0 aliphatic carbocycles. The number of H-pyrrole nitrogens is 1. The number of nitrogens with two attached hydrogens (primary N) is 1. The Morgan fingerprint density at radius 1 is 1.32 bits per heavy atom. The Labute approximate surface area is 144 Å². The zero-order valence-corrected chi connectivity index (χ0v) is 14.2. The van der Waals surface area contributed by atoms with Crippen molar-refractivity contribution in [1.82, 2.24) is 15.2 Å². The van der Waals surface area contributed by atoms with Gasteiger partial charge in [0.25, 0.3) is 11.8 Å². The Kier molecular flexibility index (Phi) is 5.48. The monoisotopic (exact) mass is 345 g/mol. The lowest BCUT2D eigenvalue weighted by Gasteiger charge is -2.11. The molecular weight excluding hydrogens is 326 g/mol. The normalized spacial score (nSPS) is 10.4. The first kappa shape index (κ1) is 18.1. The van der Waals surface area contributed by atoms with Crippen LogP contribution in [0.5, 0.6) is 5.88 Å². The molecule has 132 valence electrons. The molecule has 0 saturated heterocycles. The summed E-state index contributed by atoms with van der Waals surface area (Å²) < 4.78 is 5.35. The van der Waals surface area contributed by atoms with E-state index in [9.17, 15) is 14.4 Å². The van der Waals surface area contributed by atoms with Crippen molar-refractivity contribution in [2.75, 3.05) is 11.9 Å². The minimum Gasteiger partial charge on any atom is -0.477 e. The van der Waals surface area contributed by atoms with Gasteiger partial charge < -0.3 is 15.8 Å². The van der Waals surface area contributed by atoms with Gasteiger partial charge >= 0.3 is 0 Å². The van der Waals surface area contributed by atoms with Crippen molar-refractivity contribution < 1.29 is 19.1 Å². The van der Waals surface area contributed by atoms with Gasteiger partial charge in [-0.3, -0.25) is 19.5 Å². The fraction of sp³-hybridized carbons (Fsp3) is 0.312. The van der Waals surface area contributed by atoms with Crippen molar-refractivity contribution in [2.24, 2.45) is 5.73 Å². The number of primary amides is 1. The standard InChI is InChI=1S/C16H19N5O4/c1-4-11-12(13(14(17)23)21-20-11)19-15(24)10-6-9(8(3)22)7-18-16(10)25-5-2/h6-7H,4-5H2,1-3H3,(H2,17,23)(H,19,24)(H,20,21). The summed E-state index contributed by atoms with van der Waals surface area (Å²) in [5, 5.41) is 9.10. The maximum absolute atomic E-state index is 12.7. The summed E-state index contributed by atoms with van der Waals surface area (Å²) in [7, 11) is 0. The highest BCUT2D eigenvalue weighted by molar-refractivity contribution is 6.10. The van der Waals surface area contributed by atoms with Gasteiger partial charge in [0.15, 0.2) is 11.5 Å². The highest BCUT2D eigenvalue weighted by atomic mass is 16.5. The van der Waals surface area contributed by atoms with Crippen LogP contribution in [0.3, 0.4) is 0 Å². The van der Waals surface area contributed by atoms with Crippen molar-refractivity contribution >= 4 is 23.3 Å². The smallest absolute Gasteiger partial charge is 0.271 e. The number of ketones is 1. The van der Waals surface area contributed by atoms with Crippen molar-refractivity contribution in [1.29, 1.82) is 0 Å². The number of aromatic amines is 1. The van der Waals surface area contributed by atoms with E-state index in [4.69, 9.17) is 10.5 Å². The van der Waals surface area contributed by atoms with Gasteiger partial charge in [-0.05, 0) is 26.3 Å². The Morgan fingerprint density at radius 2 is 2.04 bits per heavy atom.